The number of amides is 2. The Labute approximate surface area is 250 Å². The van der Waals surface area contributed by atoms with Crippen LogP contribution in [0.3, 0.4) is 0 Å². The number of methoxy groups -OCH3 is 1. The molecule has 1 aliphatic carbocycles. The molecular formula is C31H36BrN3O5S. The third kappa shape index (κ3) is 7.89. The van der Waals surface area contributed by atoms with Gasteiger partial charge in [0.15, 0.2) is 0 Å². The molecule has 4 rings (SSSR count). The highest BCUT2D eigenvalue weighted by molar-refractivity contribution is 9.10. The quantitative estimate of drug-likeness (QED) is 0.297. The molecule has 0 bridgehead atoms. The van der Waals surface area contributed by atoms with E-state index in [1.807, 2.05) is 12.1 Å². The standard InChI is InChI=1S/C31H36BrN3O5S/c1-23(31(37)33-26-9-5-3-6-10-26)34(21-24-13-19-28(40-2)20-14-24)30(36)22-35(27-17-15-25(32)16-18-27)41(38,39)29-11-7-4-8-12-29/h4,7-8,11-20,23,26H,3,5-6,9-10,21-22H2,1-2H3,(H,33,37)/t23-/m0/s1. The summed E-state index contributed by atoms with van der Waals surface area (Å²) in [4.78, 5) is 29.0. The smallest absolute Gasteiger partial charge is 0.264 e. The van der Waals surface area contributed by atoms with Crippen LogP contribution in [0.1, 0.15) is 44.6 Å². The molecule has 8 nitrogen and oxygen atoms in total. The van der Waals surface area contributed by atoms with Gasteiger partial charge in [0.05, 0.1) is 17.7 Å². The van der Waals surface area contributed by atoms with Gasteiger partial charge in [-0.2, -0.15) is 0 Å². The fourth-order valence-corrected chi connectivity index (χ4v) is 6.63. The first-order valence-electron chi connectivity index (χ1n) is 13.7. The van der Waals surface area contributed by atoms with Crippen molar-refractivity contribution >= 4 is 43.5 Å². The maximum absolute atomic E-state index is 14.0. The third-order valence-electron chi connectivity index (χ3n) is 7.36. The van der Waals surface area contributed by atoms with Crippen LogP contribution in [0.5, 0.6) is 5.75 Å². The summed E-state index contributed by atoms with van der Waals surface area (Å²) in [6.45, 7) is 1.34. The first-order valence-corrected chi connectivity index (χ1v) is 16.0. The lowest BCUT2D eigenvalue weighted by Crippen LogP contribution is -2.53. The Balaban J connectivity index is 1.65. The van der Waals surface area contributed by atoms with Crippen LogP contribution < -0.4 is 14.4 Å². The number of sulfonamides is 1. The van der Waals surface area contributed by atoms with Crippen LogP contribution in [0.25, 0.3) is 0 Å². The second-order valence-electron chi connectivity index (χ2n) is 10.2. The van der Waals surface area contributed by atoms with Crippen molar-refractivity contribution in [2.45, 2.75) is 62.6 Å². The van der Waals surface area contributed by atoms with Crippen molar-refractivity contribution in [1.82, 2.24) is 10.2 Å². The van der Waals surface area contributed by atoms with E-state index in [9.17, 15) is 18.0 Å². The van der Waals surface area contributed by atoms with E-state index in [-0.39, 0.29) is 23.4 Å². The summed E-state index contributed by atoms with van der Waals surface area (Å²) in [6, 6.07) is 21.3. The van der Waals surface area contributed by atoms with Crippen molar-refractivity contribution in [2.75, 3.05) is 18.0 Å². The van der Waals surface area contributed by atoms with Crippen molar-refractivity contribution in [3.05, 3.63) is 88.9 Å². The first-order chi connectivity index (χ1) is 19.7. The molecule has 3 aromatic carbocycles. The van der Waals surface area contributed by atoms with Crippen LogP contribution in [0.2, 0.25) is 0 Å². The van der Waals surface area contributed by atoms with Crippen LogP contribution in [0.15, 0.2) is 88.2 Å². The maximum Gasteiger partial charge on any atom is 0.264 e. The van der Waals surface area contributed by atoms with Gasteiger partial charge in [0.1, 0.15) is 18.3 Å². The van der Waals surface area contributed by atoms with Gasteiger partial charge in [-0.3, -0.25) is 13.9 Å². The number of benzene rings is 3. The van der Waals surface area contributed by atoms with Crippen LogP contribution in [0, 0.1) is 0 Å². The van der Waals surface area contributed by atoms with Gasteiger partial charge in [-0.15, -0.1) is 0 Å². The summed E-state index contributed by atoms with van der Waals surface area (Å²) in [5.41, 5.74) is 1.13. The van der Waals surface area contributed by atoms with E-state index >= 15 is 0 Å². The number of rotatable bonds is 11. The Bertz CT molecular complexity index is 1410. The number of hydrogen-bond acceptors (Lipinski definition) is 5. The van der Waals surface area contributed by atoms with Gasteiger partial charge in [-0.1, -0.05) is 65.5 Å². The lowest BCUT2D eigenvalue weighted by atomic mass is 9.95. The molecule has 1 atom stereocenters. The van der Waals surface area contributed by atoms with Crippen LogP contribution in [0.4, 0.5) is 5.69 Å². The number of anilines is 1. The number of hydrogen-bond donors (Lipinski definition) is 1. The Morgan fingerprint density at radius 3 is 2.20 bits per heavy atom. The van der Waals surface area contributed by atoms with Gasteiger partial charge in [0.2, 0.25) is 11.8 Å². The zero-order valence-corrected chi connectivity index (χ0v) is 25.7. The molecule has 0 aromatic heterocycles. The average molecular weight is 643 g/mol. The predicted octanol–water partition coefficient (Wildman–Crippen LogP) is 5.52. The summed E-state index contributed by atoms with van der Waals surface area (Å²) in [5.74, 6) is -0.0699. The summed E-state index contributed by atoms with van der Waals surface area (Å²) < 4.78 is 34.8. The Morgan fingerprint density at radius 2 is 1.59 bits per heavy atom. The zero-order valence-electron chi connectivity index (χ0n) is 23.3. The van der Waals surface area contributed by atoms with Crippen molar-refractivity contribution in [1.29, 1.82) is 0 Å². The molecule has 41 heavy (non-hydrogen) atoms. The average Bonchev–Trinajstić information content (AvgIpc) is 3.00. The molecule has 1 N–H and O–H groups in total. The number of ether oxygens (including phenoxy) is 1. The number of halogens is 1. The SMILES string of the molecule is COc1ccc(CN(C(=O)CN(c2ccc(Br)cc2)S(=O)(=O)c2ccccc2)[C@@H](C)C(=O)NC2CCCCC2)cc1. The van der Waals surface area contributed by atoms with E-state index < -0.39 is 28.5 Å². The molecule has 1 fully saturated rings. The summed E-state index contributed by atoms with van der Waals surface area (Å²) in [6.07, 6.45) is 5.11. The Hall–Kier alpha value is -3.37. The van der Waals surface area contributed by atoms with Crippen molar-refractivity contribution < 1.29 is 22.7 Å². The zero-order chi connectivity index (χ0) is 29.4. The summed E-state index contributed by atoms with van der Waals surface area (Å²) in [5, 5.41) is 3.12. The monoisotopic (exact) mass is 641 g/mol. The van der Waals surface area contributed by atoms with E-state index in [4.69, 9.17) is 4.74 Å². The van der Waals surface area contributed by atoms with Gasteiger partial charge < -0.3 is 15.0 Å². The van der Waals surface area contributed by atoms with Gasteiger partial charge in [0.25, 0.3) is 10.0 Å². The van der Waals surface area contributed by atoms with E-state index in [0.29, 0.717) is 11.4 Å². The van der Waals surface area contributed by atoms with Crippen LogP contribution >= 0.6 is 15.9 Å². The molecule has 0 aliphatic heterocycles. The van der Waals surface area contributed by atoms with Crippen molar-refractivity contribution in [3.63, 3.8) is 0 Å². The minimum Gasteiger partial charge on any atom is -0.497 e. The fourth-order valence-electron chi connectivity index (χ4n) is 4.93. The third-order valence-corrected chi connectivity index (χ3v) is 9.67. The topological polar surface area (TPSA) is 96.0 Å². The van der Waals surface area contributed by atoms with E-state index in [2.05, 4.69) is 21.2 Å². The largest absolute Gasteiger partial charge is 0.497 e. The molecule has 10 heteroatoms. The minimum absolute atomic E-state index is 0.0699. The highest BCUT2D eigenvalue weighted by Crippen LogP contribution is 2.26. The second-order valence-corrected chi connectivity index (χ2v) is 13.0. The molecule has 3 aromatic rings. The molecule has 0 heterocycles. The van der Waals surface area contributed by atoms with Gasteiger partial charge >= 0.3 is 0 Å². The summed E-state index contributed by atoms with van der Waals surface area (Å²) >= 11 is 3.39. The van der Waals surface area contributed by atoms with E-state index in [1.165, 1.54) is 17.0 Å². The Morgan fingerprint density at radius 1 is 0.951 bits per heavy atom. The van der Waals surface area contributed by atoms with E-state index in [0.717, 1.165) is 46.4 Å². The molecule has 0 saturated heterocycles. The highest BCUT2D eigenvalue weighted by atomic mass is 79.9. The molecule has 1 aliphatic rings. The first kappa shape index (κ1) is 30.6. The Kier molecular flexibility index (Phi) is 10.4. The number of nitrogens with zero attached hydrogens (tertiary/aromatic N) is 2. The lowest BCUT2D eigenvalue weighted by Gasteiger charge is -2.33. The fraction of sp³-hybridized carbons (Fsp3) is 0.355. The van der Waals surface area contributed by atoms with Gasteiger partial charge in [-0.25, -0.2) is 8.42 Å². The molecule has 0 radical (unpaired) electrons. The number of carbonyl (C=O) groups excluding carboxylic acids is 2. The van der Waals surface area contributed by atoms with Gasteiger partial charge in [0, 0.05) is 17.1 Å². The molecule has 0 unspecified atom stereocenters. The minimum atomic E-state index is -4.09. The number of nitrogens with one attached hydrogen (secondary N) is 1. The van der Waals surface area contributed by atoms with Crippen LogP contribution in [-0.2, 0) is 26.2 Å². The predicted molar refractivity (Wildman–Crippen MR) is 163 cm³/mol. The normalized spacial score (nSPS) is 14.6. The van der Waals surface area contributed by atoms with Crippen molar-refractivity contribution in [3.8, 4) is 5.75 Å². The molecule has 0 spiro atoms. The molecule has 218 valence electrons. The molecular weight excluding hydrogens is 606 g/mol. The van der Waals surface area contributed by atoms with Crippen LogP contribution in [-0.4, -0.2) is 50.9 Å². The lowest BCUT2D eigenvalue weighted by molar-refractivity contribution is -0.139. The van der Waals surface area contributed by atoms with Crippen molar-refractivity contribution in [2.24, 2.45) is 0 Å². The highest BCUT2D eigenvalue weighted by Gasteiger charge is 2.33. The van der Waals surface area contributed by atoms with Gasteiger partial charge in [-0.05, 0) is 73.9 Å². The van der Waals surface area contributed by atoms with E-state index in [1.54, 1.807) is 68.6 Å². The molecule has 1 saturated carbocycles. The molecule has 2 amide bonds. The summed E-state index contributed by atoms with van der Waals surface area (Å²) in [7, 11) is -2.52. The number of carbonyl (C=O) groups is 2. The second kappa shape index (κ2) is 14.0. The maximum atomic E-state index is 14.0.